The van der Waals surface area contributed by atoms with Crippen molar-refractivity contribution in [2.45, 2.75) is 91.3 Å². The lowest BCUT2D eigenvalue weighted by atomic mass is 9.89. The molecule has 1 saturated heterocycles. The number of hydrogen-bond donors (Lipinski definition) is 0. The number of methoxy groups -OCH3 is 1. The highest BCUT2D eigenvalue weighted by Crippen LogP contribution is 2.36. The van der Waals surface area contributed by atoms with E-state index in [0.717, 1.165) is 12.8 Å². The molecule has 0 aromatic rings. The molecule has 0 aliphatic carbocycles. The standard InChI is InChI=1S/C17H34O3/c1-8-9-15-16(20-17(5,6)19-15)13(3)11-10-12(2)14(4)18-7/h12-16H,8-11H2,1-7H3. The molecule has 0 N–H and O–H groups in total. The smallest absolute Gasteiger partial charge is 0.163 e. The van der Waals surface area contributed by atoms with E-state index >= 15 is 0 Å². The van der Waals surface area contributed by atoms with Gasteiger partial charge in [-0.2, -0.15) is 0 Å². The van der Waals surface area contributed by atoms with E-state index in [-0.39, 0.29) is 12.2 Å². The fourth-order valence-electron chi connectivity index (χ4n) is 3.01. The van der Waals surface area contributed by atoms with E-state index in [9.17, 15) is 0 Å². The molecule has 5 unspecified atom stereocenters. The van der Waals surface area contributed by atoms with Gasteiger partial charge in [0.25, 0.3) is 0 Å². The van der Waals surface area contributed by atoms with Crippen molar-refractivity contribution >= 4 is 0 Å². The zero-order valence-corrected chi connectivity index (χ0v) is 14.4. The Morgan fingerprint density at radius 2 is 1.75 bits per heavy atom. The van der Waals surface area contributed by atoms with Crippen LogP contribution in [0.1, 0.15) is 67.2 Å². The molecule has 20 heavy (non-hydrogen) atoms. The average molecular weight is 286 g/mol. The molecule has 1 rings (SSSR count). The molecule has 5 atom stereocenters. The lowest BCUT2D eigenvalue weighted by molar-refractivity contribution is -0.150. The van der Waals surface area contributed by atoms with E-state index in [1.807, 2.05) is 13.8 Å². The van der Waals surface area contributed by atoms with Crippen LogP contribution in [0.15, 0.2) is 0 Å². The summed E-state index contributed by atoms with van der Waals surface area (Å²) >= 11 is 0. The second-order valence-electron chi connectivity index (χ2n) is 6.90. The Kier molecular flexibility index (Phi) is 6.96. The Bertz CT molecular complexity index is 277. The molecule has 120 valence electrons. The molecule has 1 heterocycles. The molecule has 3 heteroatoms. The van der Waals surface area contributed by atoms with Crippen LogP contribution in [0.25, 0.3) is 0 Å². The zero-order chi connectivity index (χ0) is 15.3. The van der Waals surface area contributed by atoms with Crippen molar-refractivity contribution in [3.05, 3.63) is 0 Å². The van der Waals surface area contributed by atoms with Crippen LogP contribution < -0.4 is 0 Å². The molecule has 3 nitrogen and oxygen atoms in total. The van der Waals surface area contributed by atoms with E-state index in [2.05, 4.69) is 27.7 Å². The van der Waals surface area contributed by atoms with Gasteiger partial charge in [0.05, 0.1) is 18.3 Å². The van der Waals surface area contributed by atoms with Crippen molar-refractivity contribution in [1.29, 1.82) is 0 Å². The largest absolute Gasteiger partial charge is 0.381 e. The quantitative estimate of drug-likeness (QED) is 0.662. The molecule has 0 aromatic heterocycles. The normalized spacial score (nSPS) is 30.1. The fourth-order valence-corrected chi connectivity index (χ4v) is 3.01. The summed E-state index contributed by atoms with van der Waals surface area (Å²) in [5.74, 6) is 0.687. The monoisotopic (exact) mass is 286 g/mol. The second kappa shape index (κ2) is 7.77. The maximum atomic E-state index is 6.14. The van der Waals surface area contributed by atoms with Crippen LogP contribution >= 0.6 is 0 Å². The van der Waals surface area contributed by atoms with Gasteiger partial charge in [-0.3, -0.25) is 0 Å². The molecule has 1 fully saturated rings. The molecule has 0 radical (unpaired) electrons. The van der Waals surface area contributed by atoms with E-state index in [0.29, 0.717) is 17.9 Å². The second-order valence-corrected chi connectivity index (χ2v) is 6.90. The van der Waals surface area contributed by atoms with Crippen molar-refractivity contribution in [1.82, 2.24) is 0 Å². The van der Waals surface area contributed by atoms with Gasteiger partial charge in [-0.15, -0.1) is 0 Å². The van der Waals surface area contributed by atoms with Crippen LogP contribution in [-0.2, 0) is 14.2 Å². The van der Waals surface area contributed by atoms with Crippen molar-refractivity contribution in [2.75, 3.05) is 7.11 Å². The third kappa shape index (κ3) is 5.01. The van der Waals surface area contributed by atoms with E-state index < -0.39 is 5.79 Å². The van der Waals surface area contributed by atoms with Gasteiger partial charge in [0.1, 0.15) is 0 Å². The third-order valence-electron chi connectivity index (χ3n) is 4.61. The van der Waals surface area contributed by atoms with Crippen molar-refractivity contribution < 1.29 is 14.2 Å². The van der Waals surface area contributed by atoms with Gasteiger partial charge in [-0.05, 0) is 51.9 Å². The van der Waals surface area contributed by atoms with Gasteiger partial charge in [0.15, 0.2) is 5.79 Å². The summed E-state index contributed by atoms with van der Waals surface area (Å²) in [5, 5.41) is 0. The SMILES string of the molecule is CCCC1OC(C)(C)OC1C(C)CCC(C)C(C)OC. The van der Waals surface area contributed by atoms with Crippen molar-refractivity contribution in [3.63, 3.8) is 0 Å². The lowest BCUT2D eigenvalue weighted by Crippen LogP contribution is -2.30. The Labute approximate surface area is 125 Å². The molecule has 0 amide bonds. The molecule has 1 aliphatic rings. The maximum absolute atomic E-state index is 6.14. The summed E-state index contributed by atoms with van der Waals surface area (Å²) in [4.78, 5) is 0. The number of hydrogen-bond acceptors (Lipinski definition) is 3. The highest BCUT2D eigenvalue weighted by Gasteiger charge is 2.42. The van der Waals surface area contributed by atoms with Gasteiger partial charge in [-0.1, -0.05) is 27.2 Å². The van der Waals surface area contributed by atoms with Gasteiger partial charge in [-0.25, -0.2) is 0 Å². The van der Waals surface area contributed by atoms with E-state index in [1.54, 1.807) is 7.11 Å². The van der Waals surface area contributed by atoms with E-state index in [4.69, 9.17) is 14.2 Å². The van der Waals surface area contributed by atoms with Crippen LogP contribution in [-0.4, -0.2) is 31.2 Å². The molecule has 0 bridgehead atoms. The highest BCUT2D eigenvalue weighted by molar-refractivity contribution is 4.85. The molecule has 0 aromatic carbocycles. The Morgan fingerprint density at radius 1 is 1.10 bits per heavy atom. The topological polar surface area (TPSA) is 27.7 Å². The summed E-state index contributed by atoms with van der Waals surface area (Å²) < 4.78 is 17.6. The average Bonchev–Trinajstić information content (AvgIpc) is 2.70. The van der Waals surface area contributed by atoms with Crippen LogP contribution in [0.3, 0.4) is 0 Å². The van der Waals surface area contributed by atoms with Gasteiger partial charge in [0, 0.05) is 7.11 Å². The summed E-state index contributed by atoms with van der Waals surface area (Å²) in [6.07, 6.45) is 5.38. The summed E-state index contributed by atoms with van der Waals surface area (Å²) in [5.41, 5.74) is 0. The predicted octanol–water partition coefficient (Wildman–Crippen LogP) is 4.39. The Hall–Kier alpha value is -0.120. The number of rotatable bonds is 8. The first kappa shape index (κ1) is 17.9. The highest BCUT2D eigenvalue weighted by atomic mass is 16.7. The molecule has 1 aliphatic heterocycles. The predicted molar refractivity (Wildman–Crippen MR) is 82.8 cm³/mol. The van der Waals surface area contributed by atoms with Crippen LogP contribution in [0, 0.1) is 11.8 Å². The third-order valence-corrected chi connectivity index (χ3v) is 4.61. The summed E-state index contributed by atoms with van der Waals surface area (Å²) in [6, 6.07) is 0. The van der Waals surface area contributed by atoms with Crippen molar-refractivity contribution in [2.24, 2.45) is 11.8 Å². The van der Waals surface area contributed by atoms with Crippen LogP contribution in [0.2, 0.25) is 0 Å². The minimum atomic E-state index is -0.426. The molecular formula is C17H34O3. The minimum Gasteiger partial charge on any atom is -0.381 e. The summed E-state index contributed by atoms with van der Waals surface area (Å²) in [7, 11) is 1.79. The van der Waals surface area contributed by atoms with Gasteiger partial charge >= 0.3 is 0 Å². The molecular weight excluding hydrogens is 252 g/mol. The van der Waals surface area contributed by atoms with Gasteiger partial charge < -0.3 is 14.2 Å². The maximum Gasteiger partial charge on any atom is 0.163 e. The van der Waals surface area contributed by atoms with Crippen molar-refractivity contribution in [3.8, 4) is 0 Å². The Balaban J connectivity index is 2.50. The minimum absolute atomic E-state index is 0.231. The van der Waals surface area contributed by atoms with Crippen LogP contribution in [0.4, 0.5) is 0 Å². The van der Waals surface area contributed by atoms with Crippen LogP contribution in [0.5, 0.6) is 0 Å². The zero-order valence-electron chi connectivity index (χ0n) is 14.4. The first-order valence-corrected chi connectivity index (χ1v) is 8.19. The lowest BCUT2D eigenvalue weighted by Gasteiger charge is -2.26. The molecule has 0 spiro atoms. The van der Waals surface area contributed by atoms with E-state index in [1.165, 1.54) is 12.8 Å². The number of ether oxygens (including phenoxy) is 3. The van der Waals surface area contributed by atoms with Gasteiger partial charge in [0.2, 0.25) is 0 Å². The molecule has 0 saturated carbocycles. The Morgan fingerprint density at radius 3 is 2.30 bits per heavy atom. The fraction of sp³-hybridized carbons (Fsp3) is 1.00. The first-order chi connectivity index (χ1) is 9.30. The first-order valence-electron chi connectivity index (χ1n) is 8.19. The summed E-state index contributed by atoms with van der Waals surface area (Å²) in [6.45, 7) is 13.0.